The van der Waals surface area contributed by atoms with Gasteiger partial charge in [-0.05, 0) is 44.4 Å². The first-order chi connectivity index (χ1) is 10.7. The summed E-state index contributed by atoms with van der Waals surface area (Å²) in [6.07, 6.45) is 4.35. The number of para-hydroxylation sites is 2. The van der Waals surface area contributed by atoms with Crippen LogP contribution < -0.4 is 0 Å². The zero-order valence-electron chi connectivity index (χ0n) is 13.7. The number of rotatable bonds is 5. The lowest BCUT2D eigenvalue weighted by atomic mass is 10.1. The topological polar surface area (TPSA) is 24.3 Å². The number of nitrogens with zero attached hydrogens (tertiary/aromatic N) is 4. The molecule has 22 heavy (non-hydrogen) atoms. The summed E-state index contributed by atoms with van der Waals surface area (Å²) in [7, 11) is 4.34. The number of hydrogen-bond acceptors (Lipinski definition) is 3. The molecule has 1 aliphatic carbocycles. The Morgan fingerprint density at radius 2 is 2.14 bits per heavy atom. The van der Waals surface area contributed by atoms with E-state index >= 15 is 0 Å². The van der Waals surface area contributed by atoms with Gasteiger partial charge in [-0.15, -0.1) is 0 Å². The number of hydrogen-bond donors (Lipinski definition) is 0. The van der Waals surface area contributed by atoms with E-state index in [0.717, 1.165) is 36.4 Å². The van der Waals surface area contributed by atoms with Gasteiger partial charge in [-0.2, -0.15) is 0 Å². The second-order valence-corrected chi connectivity index (χ2v) is 7.14. The molecule has 0 unspecified atom stereocenters. The van der Waals surface area contributed by atoms with Crippen molar-refractivity contribution in [3.05, 3.63) is 30.1 Å². The summed E-state index contributed by atoms with van der Waals surface area (Å²) in [6, 6.07) is 9.27. The Bertz CT molecular complexity index is 662. The molecule has 1 saturated carbocycles. The summed E-state index contributed by atoms with van der Waals surface area (Å²) in [5, 5.41) is 0. The highest BCUT2D eigenvalue weighted by Crippen LogP contribution is 2.36. The van der Waals surface area contributed by atoms with Crippen LogP contribution in [0.2, 0.25) is 0 Å². The SMILES string of the molecule is CN(CCN1C[C@H]2CC[C@@H]1C2)Cc1nc2ccccc2n1C. The summed E-state index contributed by atoms with van der Waals surface area (Å²) in [5.74, 6) is 2.15. The number of aromatic nitrogens is 2. The average Bonchev–Trinajstić information content (AvgIpc) is 3.21. The monoisotopic (exact) mass is 298 g/mol. The van der Waals surface area contributed by atoms with E-state index in [2.05, 4.69) is 52.7 Å². The number of likely N-dealkylation sites (tertiary alicyclic amines) is 1. The first-order valence-electron chi connectivity index (χ1n) is 8.53. The Labute approximate surface area is 132 Å². The van der Waals surface area contributed by atoms with E-state index in [9.17, 15) is 0 Å². The summed E-state index contributed by atoms with van der Waals surface area (Å²) in [4.78, 5) is 9.90. The molecule has 1 aromatic heterocycles. The van der Waals surface area contributed by atoms with Crippen molar-refractivity contribution in [2.75, 3.05) is 26.7 Å². The lowest BCUT2D eigenvalue weighted by molar-refractivity contribution is 0.180. The van der Waals surface area contributed by atoms with E-state index in [1.165, 1.54) is 37.9 Å². The number of piperidine rings is 1. The highest BCUT2D eigenvalue weighted by atomic mass is 15.2. The molecule has 0 spiro atoms. The van der Waals surface area contributed by atoms with Crippen molar-refractivity contribution in [2.45, 2.75) is 31.8 Å². The molecule has 0 amide bonds. The molecule has 0 N–H and O–H groups in total. The van der Waals surface area contributed by atoms with Gasteiger partial charge in [0.15, 0.2) is 0 Å². The van der Waals surface area contributed by atoms with Gasteiger partial charge in [0.1, 0.15) is 5.82 Å². The zero-order chi connectivity index (χ0) is 15.1. The fraction of sp³-hybridized carbons (Fsp3) is 0.611. The Hall–Kier alpha value is -1.39. The van der Waals surface area contributed by atoms with Crippen molar-refractivity contribution >= 4 is 11.0 Å². The normalized spacial score (nSPS) is 24.9. The minimum atomic E-state index is 0.883. The van der Waals surface area contributed by atoms with Crippen molar-refractivity contribution < 1.29 is 0 Å². The number of benzene rings is 1. The Kier molecular flexibility index (Phi) is 3.66. The van der Waals surface area contributed by atoms with Crippen molar-refractivity contribution in [1.82, 2.24) is 19.4 Å². The largest absolute Gasteiger partial charge is 0.330 e. The Morgan fingerprint density at radius 1 is 1.27 bits per heavy atom. The molecule has 2 fully saturated rings. The van der Waals surface area contributed by atoms with Crippen LogP contribution in [-0.2, 0) is 13.6 Å². The number of likely N-dealkylation sites (N-methyl/N-ethyl adjacent to an activating group) is 1. The van der Waals surface area contributed by atoms with Crippen LogP contribution in [0.4, 0.5) is 0 Å². The van der Waals surface area contributed by atoms with Gasteiger partial charge in [0.2, 0.25) is 0 Å². The summed E-state index contributed by atoms with van der Waals surface area (Å²) in [5.41, 5.74) is 2.33. The van der Waals surface area contributed by atoms with Crippen LogP contribution >= 0.6 is 0 Å². The predicted octanol–water partition coefficient (Wildman–Crippen LogP) is 2.49. The first-order valence-corrected chi connectivity index (χ1v) is 8.53. The van der Waals surface area contributed by atoms with Crippen molar-refractivity contribution in [3.63, 3.8) is 0 Å². The molecule has 2 heterocycles. The zero-order valence-corrected chi connectivity index (χ0v) is 13.7. The van der Waals surface area contributed by atoms with Crippen LogP contribution in [0.25, 0.3) is 11.0 Å². The van der Waals surface area contributed by atoms with Crippen LogP contribution in [0.5, 0.6) is 0 Å². The van der Waals surface area contributed by atoms with E-state index in [1.807, 2.05) is 0 Å². The summed E-state index contributed by atoms with van der Waals surface area (Å²) < 4.78 is 2.23. The van der Waals surface area contributed by atoms with Crippen LogP contribution in [-0.4, -0.2) is 52.1 Å². The van der Waals surface area contributed by atoms with E-state index in [4.69, 9.17) is 4.98 Å². The summed E-state index contributed by atoms with van der Waals surface area (Å²) >= 11 is 0. The lowest BCUT2D eigenvalue weighted by Crippen LogP contribution is -2.38. The summed E-state index contributed by atoms with van der Waals surface area (Å²) in [6.45, 7) is 4.60. The molecule has 4 rings (SSSR count). The molecule has 1 aliphatic heterocycles. The highest BCUT2D eigenvalue weighted by Gasteiger charge is 2.37. The van der Waals surface area contributed by atoms with Gasteiger partial charge < -0.3 is 4.57 Å². The van der Waals surface area contributed by atoms with Gasteiger partial charge in [-0.1, -0.05) is 12.1 Å². The van der Waals surface area contributed by atoms with Crippen molar-refractivity contribution in [3.8, 4) is 0 Å². The lowest BCUT2D eigenvalue weighted by Gasteiger charge is -2.28. The average molecular weight is 298 g/mol. The van der Waals surface area contributed by atoms with Gasteiger partial charge in [0.25, 0.3) is 0 Å². The quantitative estimate of drug-likeness (QED) is 0.847. The third-order valence-corrected chi connectivity index (χ3v) is 5.58. The molecule has 0 radical (unpaired) electrons. The van der Waals surface area contributed by atoms with E-state index in [-0.39, 0.29) is 0 Å². The van der Waals surface area contributed by atoms with Gasteiger partial charge in [-0.25, -0.2) is 4.98 Å². The molecule has 2 bridgehead atoms. The maximum atomic E-state index is 4.78. The van der Waals surface area contributed by atoms with Crippen LogP contribution in [0, 0.1) is 5.92 Å². The number of imidazole rings is 1. The molecule has 1 aromatic carbocycles. The van der Waals surface area contributed by atoms with Crippen LogP contribution in [0.3, 0.4) is 0 Å². The standard InChI is InChI=1S/C18H26N4/c1-20(9-10-22-12-14-7-8-15(22)11-14)13-18-19-16-5-3-4-6-17(16)21(18)2/h3-6,14-15H,7-13H2,1-2H3/t14-,15+/m0/s1. The molecule has 4 nitrogen and oxygen atoms in total. The first kappa shape index (κ1) is 14.2. The fourth-order valence-electron chi connectivity index (χ4n) is 4.26. The molecule has 118 valence electrons. The van der Waals surface area contributed by atoms with Crippen LogP contribution in [0.15, 0.2) is 24.3 Å². The maximum Gasteiger partial charge on any atom is 0.123 e. The third kappa shape index (κ3) is 2.55. The maximum absolute atomic E-state index is 4.78. The minimum absolute atomic E-state index is 0.883. The van der Waals surface area contributed by atoms with Crippen LogP contribution in [0.1, 0.15) is 25.1 Å². The Balaban J connectivity index is 1.36. The van der Waals surface area contributed by atoms with Gasteiger partial charge in [0, 0.05) is 32.7 Å². The molecule has 2 aliphatic rings. The molecule has 4 heteroatoms. The number of fused-ring (bicyclic) bond motifs is 3. The number of aryl methyl sites for hydroxylation is 1. The molecular weight excluding hydrogens is 272 g/mol. The van der Waals surface area contributed by atoms with E-state index in [1.54, 1.807) is 0 Å². The molecule has 2 atom stereocenters. The molecule has 1 saturated heterocycles. The van der Waals surface area contributed by atoms with Crippen molar-refractivity contribution in [1.29, 1.82) is 0 Å². The fourth-order valence-corrected chi connectivity index (χ4v) is 4.26. The van der Waals surface area contributed by atoms with Crippen molar-refractivity contribution in [2.24, 2.45) is 13.0 Å². The van der Waals surface area contributed by atoms with E-state index in [0.29, 0.717) is 0 Å². The minimum Gasteiger partial charge on any atom is -0.330 e. The van der Waals surface area contributed by atoms with E-state index < -0.39 is 0 Å². The second kappa shape index (κ2) is 5.67. The van der Waals surface area contributed by atoms with Gasteiger partial charge >= 0.3 is 0 Å². The van der Waals surface area contributed by atoms with Gasteiger partial charge in [0.05, 0.1) is 17.6 Å². The Morgan fingerprint density at radius 3 is 2.86 bits per heavy atom. The molecule has 2 aromatic rings. The molecular formula is C18H26N4. The highest BCUT2D eigenvalue weighted by molar-refractivity contribution is 5.75. The predicted molar refractivity (Wildman–Crippen MR) is 89.8 cm³/mol. The van der Waals surface area contributed by atoms with Gasteiger partial charge in [-0.3, -0.25) is 9.80 Å². The third-order valence-electron chi connectivity index (χ3n) is 5.58. The smallest absolute Gasteiger partial charge is 0.123 e. The second-order valence-electron chi connectivity index (χ2n) is 7.14.